The summed E-state index contributed by atoms with van der Waals surface area (Å²) in [6.07, 6.45) is -0.413. The van der Waals surface area contributed by atoms with Crippen molar-refractivity contribution in [3.8, 4) is 0 Å². The Hall–Kier alpha value is -0.410. The summed E-state index contributed by atoms with van der Waals surface area (Å²) in [5.74, 6) is 0. The maximum absolute atomic E-state index is 8.98. The van der Waals surface area contributed by atoms with Crippen LogP contribution < -0.4 is 0 Å². The molecule has 0 fully saturated rings. The molecule has 0 unspecified atom stereocenters. The highest BCUT2D eigenvalue weighted by Gasteiger charge is 2.02. The zero-order chi connectivity index (χ0) is 8.85. The van der Waals surface area contributed by atoms with Crippen LogP contribution in [0.5, 0.6) is 0 Å². The molecule has 0 spiro atoms. The van der Waals surface area contributed by atoms with Crippen molar-refractivity contribution in [1.82, 2.24) is 4.98 Å². The van der Waals surface area contributed by atoms with Gasteiger partial charge in [-0.15, -0.1) is 11.3 Å². The number of hydrogen-bond donors (Lipinski definition) is 1. The first-order valence-corrected chi connectivity index (χ1v) is 4.68. The number of aliphatic hydroxyl groups excluding tert-OH is 1. The van der Waals surface area contributed by atoms with Gasteiger partial charge in [0.1, 0.15) is 11.1 Å². The van der Waals surface area contributed by atoms with Gasteiger partial charge in [0.05, 0.1) is 0 Å². The lowest BCUT2D eigenvalue weighted by molar-refractivity contribution is 0.198. The van der Waals surface area contributed by atoms with Crippen molar-refractivity contribution < 1.29 is 5.11 Å². The van der Waals surface area contributed by atoms with Crippen molar-refractivity contribution >= 4 is 11.3 Å². The standard InChI is InChI=1S/C6H9NOS.C2H6/c1-4-3-9-6(7-4)5(2)8;1-2/h3,5,8H,1-2H3;1-2H3/t5-;/m0./s1. The van der Waals surface area contributed by atoms with E-state index in [1.165, 1.54) is 11.3 Å². The summed E-state index contributed by atoms with van der Waals surface area (Å²) in [7, 11) is 0. The van der Waals surface area contributed by atoms with E-state index in [2.05, 4.69) is 4.98 Å². The molecule has 0 aliphatic rings. The fraction of sp³-hybridized carbons (Fsp3) is 0.625. The second-order valence-electron chi connectivity index (χ2n) is 2.00. The average molecular weight is 173 g/mol. The molecule has 0 bridgehead atoms. The molecular formula is C8H15NOS. The van der Waals surface area contributed by atoms with E-state index in [1.807, 2.05) is 26.2 Å². The number of aryl methyl sites for hydroxylation is 1. The normalized spacial score (nSPS) is 11.7. The van der Waals surface area contributed by atoms with Crippen molar-refractivity contribution in [2.24, 2.45) is 0 Å². The van der Waals surface area contributed by atoms with Crippen LogP contribution in [0.1, 0.15) is 37.6 Å². The molecule has 0 aliphatic heterocycles. The van der Waals surface area contributed by atoms with Gasteiger partial charge in [0.15, 0.2) is 0 Å². The van der Waals surface area contributed by atoms with E-state index in [-0.39, 0.29) is 0 Å². The van der Waals surface area contributed by atoms with Crippen molar-refractivity contribution in [1.29, 1.82) is 0 Å². The average Bonchev–Trinajstić information content (AvgIpc) is 2.40. The minimum Gasteiger partial charge on any atom is -0.386 e. The number of nitrogens with zero attached hydrogens (tertiary/aromatic N) is 1. The van der Waals surface area contributed by atoms with E-state index < -0.39 is 6.10 Å². The number of rotatable bonds is 1. The Balaban J connectivity index is 0.000000461. The van der Waals surface area contributed by atoms with Crippen LogP contribution in [0.15, 0.2) is 5.38 Å². The van der Waals surface area contributed by atoms with E-state index in [0.717, 1.165) is 10.7 Å². The third-order valence-corrected chi connectivity index (χ3v) is 2.13. The van der Waals surface area contributed by atoms with Gasteiger partial charge in [0.25, 0.3) is 0 Å². The Labute approximate surface area is 71.9 Å². The lowest BCUT2D eigenvalue weighted by atomic mass is 10.4. The van der Waals surface area contributed by atoms with E-state index in [9.17, 15) is 0 Å². The molecule has 1 atom stereocenters. The largest absolute Gasteiger partial charge is 0.386 e. The Morgan fingerprint density at radius 2 is 2.09 bits per heavy atom. The van der Waals surface area contributed by atoms with E-state index in [4.69, 9.17) is 5.11 Å². The predicted molar refractivity (Wildman–Crippen MR) is 48.8 cm³/mol. The van der Waals surface area contributed by atoms with Crippen molar-refractivity contribution in [2.75, 3.05) is 0 Å². The Morgan fingerprint density at radius 3 is 2.27 bits per heavy atom. The van der Waals surface area contributed by atoms with Crippen LogP contribution in [0.25, 0.3) is 0 Å². The van der Waals surface area contributed by atoms with Gasteiger partial charge >= 0.3 is 0 Å². The monoisotopic (exact) mass is 173 g/mol. The molecule has 1 aromatic rings. The molecule has 0 saturated heterocycles. The van der Waals surface area contributed by atoms with Gasteiger partial charge in [-0.3, -0.25) is 0 Å². The van der Waals surface area contributed by atoms with Crippen molar-refractivity contribution in [3.63, 3.8) is 0 Å². The molecule has 0 amide bonds. The summed E-state index contributed by atoms with van der Waals surface area (Å²) < 4.78 is 0. The molecule has 3 heteroatoms. The highest BCUT2D eigenvalue weighted by atomic mass is 32.1. The third-order valence-electron chi connectivity index (χ3n) is 0.994. The topological polar surface area (TPSA) is 33.1 Å². The van der Waals surface area contributed by atoms with Gasteiger partial charge < -0.3 is 5.11 Å². The fourth-order valence-corrected chi connectivity index (χ4v) is 1.30. The van der Waals surface area contributed by atoms with Crippen LogP contribution in [0, 0.1) is 6.92 Å². The first-order valence-electron chi connectivity index (χ1n) is 3.80. The molecule has 0 aliphatic carbocycles. The smallest absolute Gasteiger partial charge is 0.121 e. The van der Waals surface area contributed by atoms with E-state index >= 15 is 0 Å². The molecule has 2 nitrogen and oxygen atoms in total. The minimum absolute atomic E-state index is 0.413. The van der Waals surface area contributed by atoms with Crippen LogP contribution in [-0.2, 0) is 0 Å². The fourth-order valence-electron chi connectivity index (χ4n) is 0.564. The van der Waals surface area contributed by atoms with Crippen molar-refractivity contribution in [3.05, 3.63) is 16.1 Å². The Morgan fingerprint density at radius 1 is 1.55 bits per heavy atom. The number of aromatic nitrogens is 1. The second-order valence-corrected chi connectivity index (χ2v) is 2.89. The number of aliphatic hydroxyl groups is 1. The van der Waals surface area contributed by atoms with Crippen LogP contribution in [0.3, 0.4) is 0 Å². The quantitative estimate of drug-likeness (QED) is 0.708. The highest BCUT2D eigenvalue weighted by molar-refractivity contribution is 7.09. The van der Waals surface area contributed by atoms with Crippen LogP contribution in [-0.4, -0.2) is 10.1 Å². The molecule has 1 N–H and O–H groups in total. The first kappa shape index (κ1) is 10.6. The number of thiazole rings is 1. The molecule has 0 radical (unpaired) electrons. The lowest BCUT2D eigenvalue weighted by Gasteiger charge is -1.94. The SMILES string of the molecule is CC.Cc1csc([C@H](C)O)n1. The third kappa shape index (κ3) is 3.49. The van der Waals surface area contributed by atoms with Crippen LogP contribution >= 0.6 is 11.3 Å². The summed E-state index contributed by atoms with van der Waals surface area (Å²) in [4.78, 5) is 4.08. The van der Waals surface area contributed by atoms with Gasteiger partial charge in [-0.05, 0) is 13.8 Å². The molecule has 1 rings (SSSR count). The summed E-state index contributed by atoms with van der Waals surface area (Å²) in [6.45, 7) is 7.64. The second kappa shape index (κ2) is 5.27. The van der Waals surface area contributed by atoms with E-state index in [0.29, 0.717) is 0 Å². The Kier molecular flexibility index (Phi) is 5.07. The van der Waals surface area contributed by atoms with Gasteiger partial charge in [-0.1, -0.05) is 13.8 Å². The number of hydrogen-bond acceptors (Lipinski definition) is 3. The molecular weight excluding hydrogens is 158 g/mol. The zero-order valence-corrected chi connectivity index (χ0v) is 8.27. The van der Waals surface area contributed by atoms with Gasteiger partial charge in [0, 0.05) is 11.1 Å². The summed E-state index contributed by atoms with van der Waals surface area (Å²) in [5, 5.41) is 11.7. The highest BCUT2D eigenvalue weighted by Crippen LogP contribution is 2.16. The Bertz CT molecular complexity index is 196. The summed E-state index contributed by atoms with van der Waals surface area (Å²) in [6, 6.07) is 0. The van der Waals surface area contributed by atoms with Crippen LogP contribution in [0.4, 0.5) is 0 Å². The molecule has 1 aromatic heterocycles. The van der Waals surface area contributed by atoms with Gasteiger partial charge in [0.2, 0.25) is 0 Å². The minimum atomic E-state index is -0.413. The molecule has 11 heavy (non-hydrogen) atoms. The summed E-state index contributed by atoms with van der Waals surface area (Å²) in [5.41, 5.74) is 0.982. The lowest BCUT2D eigenvalue weighted by Crippen LogP contribution is -1.88. The first-order chi connectivity index (χ1) is 5.20. The molecule has 0 aromatic carbocycles. The van der Waals surface area contributed by atoms with Gasteiger partial charge in [-0.2, -0.15) is 0 Å². The van der Waals surface area contributed by atoms with Crippen LogP contribution in [0.2, 0.25) is 0 Å². The maximum Gasteiger partial charge on any atom is 0.121 e. The molecule has 64 valence electrons. The van der Waals surface area contributed by atoms with E-state index in [1.54, 1.807) is 6.92 Å². The summed E-state index contributed by atoms with van der Waals surface area (Å²) >= 11 is 1.50. The maximum atomic E-state index is 8.98. The van der Waals surface area contributed by atoms with Crippen molar-refractivity contribution in [2.45, 2.75) is 33.8 Å². The predicted octanol–water partition coefficient (Wildman–Crippen LogP) is 2.53. The molecule has 0 saturated carbocycles. The molecule has 1 heterocycles. The van der Waals surface area contributed by atoms with Gasteiger partial charge in [-0.25, -0.2) is 4.98 Å². The zero-order valence-electron chi connectivity index (χ0n) is 7.46.